The molecule has 2 N–H and O–H groups in total. The van der Waals surface area contributed by atoms with Gasteiger partial charge in [0.25, 0.3) is 0 Å². The third kappa shape index (κ3) is 2.81. The van der Waals surface area contributed by atoms with Crippen molar-refractivity contribution < 1.29 is 17.9 Å². The van der Waals surface area contributed by atoms with Gasteiger partial charge in [-0.3, -0.25) is 0 Å². The monoisotopic (exact) mass is 269 g/mol. The number of rotatable bonds is 3. The lowest BCUT2D eigenvalue weighted by Gasteiger charge is -2.18. The zero-order valence-corrected chi connectivity index (χ0v) is 10.4. The number of nitrogens with two attached hydrogens (primary N) is 1. The van der Waals surface area contributed by atoms with E-state index in [-0.39, 0.29) is 5.56 Å². The predicted molar refractivity (Wildman–Crippen MR) is 68.1 cm³/mol. The van der Waals surface area contributed by atoms with E-state index < -0.39 is 12.2 Å². The van der Waals surface area contributed by atoms with Gasteiger partial charge in [-0.1, -0.05) is 24.3 Å². The van der Waals surface area contributed by atoms with Crippen LogP contribution in [0.3, 0.4) is 0 Å². The van der Waals surface area contributed by atoms with Crippen LogP contribution in [0, 0.1) is 0 Å². The molecule has 0 saturated carbocycles. The fourth-order valence-corrected chi connectivity index (χ4v) is 1.98. The maximum Gasteiger partial charge on any atom is 0.407 e. The number of alkyl halides is 3. The van der Waals surface area contributed by atoms with E-state index in [0.29, 0.717) is 23.1 Å². The molecule has 0 heterocycles. The van der Waals surface area contributed by atoms with Gasteiger partial charge in [0.2, 0.25) is 0 Å². The maximum absolute atomic E-state index is 12.8. The highest BCUT2D eigenvalue weighted by molar-refractivity contribution is 5.87. The molecular formula is C14H14F3NO. The fourth-order valence-electron chi connectivity index (χ4n) is 1.98. The molecule has 0 aliphatic heterocycles. The first-order valence-electron chi connectivity index (χ1n) is 5.91. The lowest BCUT2D eigenvalue weighted by atomic mass is 9.98. The van der Waals surface area contributed by atoms with Gasteiger partial charge in [-0.25, -0.2) is 0 Å². The molecule has 0 aromatic heterocycles. The van der Waals surface area contributed by atoms with Crippen LogP contribution in [0.5, 0.6) is 5.75 Å². The first-order chi connectivity index (χ1) is 8.93. The summed E-state index contributed by atoms with van der Waals surface area (Å²) in [7, 11) is 0. The maximum atomic E-state index is 12.8. The Morgan fingerprint density at radius 3 is 2.58 bits per heavy atom. The molecule has 0 aliphatic carbocycles. The second-order valence-electron chi connectivity index (χ2n) is 4.18. The van der Waals surface area contributed by atoms with Crippen molar-refractivity contribution in [3.05, 3.63) is 42.0 Å². The lowest BCUT2D eigenvalue weighted by Crippen LogP contribution is -2.28. The summed E-state index contributed by atoms with van der Waals surface area (Å²) in [6.07, 6.45) is -4.46. The van der Waals surface area contributed by atoms with Gasteiger partial charge in [-0.15, -0.1) is 0 Å². The summed E-state index contributed by atoms with van der Waals surface area (Å²) >= 11 is 0. The van der Waals surface area contributed by atoms with Crippen molar-refractivity contribution in [3.63, 3.8) is 0 Å². The van der Waals surface area contributed by atoms with Crippen LogP contribution in [0.4, 0.5) is 13.2 Å². The molecule has 0 radical (unpaired) electrons. The third-order valence-electron chi connectivity index (χ3n) is 2.89. The van der Waals surface area contributed by atoms with Crippen LogP contribution < -0.4 is 10.5 Å². The highest BCUT2D eigenvalue weighted by atomic mass is 19.4. The fraction of sp³-hybridized carbons (Fsp3) is 0.286. The van der Waals surface area contributed by atoms with Crippen LogP contribution in [0.15, 0.2) is 36.4 Å². The lowest BCUT2D eigenvalue weighted by molar-refractivity contribution is -0.148. The Morgan fingerprint density at radius 2 is 1.95 bits per heavy atom. The van der Waals surface area contributed by atoms with Gasteiger partial charge >= 0.3 is 6.18 Å². The first kappa shape index (κ1) is 13.7. The highest BCUT2D eigenvalue weighted by Crippen LogP contribution is 2.35. The van der Waals surface area contributed by atoms with Crippen LogP contribution in [0.2, 0.25) is 0 Å². The number of ether oxygens (including phenoxy) is 1. The average molecular weight is 269 g/mol. The molecule has 2 rings (SSSR count). The first-order valence-corrected chi connectivity index (χ1v) is 5.91. The topological polar surface area (TPSA) is 35.2 Å². The predicted octanol–water partition coefficient (Wildman–Crippen LogP) is 3.80. The molecule has 0 amide bonds. The second kappa shape index (κ2) is 5.09. The summed E-state index contributed by atoms with van der Waals surface area (Å²) in [6.45, 7) is 2.27. The Kier molecular flexibility index (Phi) is 3.66. The minimum Gasteiger partial charge on any atom is -0.494 e. The summed E-state index contributed by atoms with van der Waals surface area (Å²) in [5, 5.41) is 1.18. The van der Waals surface area contributed by atoms with E-state index in [1.165, 1.54) is 6.07 Å². The highest BCUT2D eigenvalue weighted by Gasteiger charge is 2.38. The van der Waals surface area contributed by atoms with Gasteiger partial charge in [0, 0.05) is 0 Å². The SMILES string of the molecule is CCOc1ccc2cccc([C@H](N)C(F)(F)F)c2c1. The summed E-state index contributed by atoms with van der Waals surface area (Å²) in [4.78, 5) is 0. The molecule has 0 fully saturated rings. The number of halogens is 3. The van der Waals surface area contributed by atoms with E-state index in [1.54, 1.807) is 30.3 Å². The zero-order valence-electron chi connectivity index (χ0n) is 10.4. The quantitative estimate of drug-likeness (QED) is 0.919. The summed E-state index contributed by atoms with van der Waals surface area (Å²) in [6, 6.07) is 7.78. The van der Waals surface area contributed by atoms with Crippen molar-refractivity contribution >= 4 is 10.8 Å². The molecule has 5 heteroatoms. The molecule has 0 saturated heterocycles. The molecular weight excluding hydrogens is 255 g/mol. The van der Waals surface area contributed by atoms with Gasteiger partial charge in [0.15, 0.2) is 0 Å². The Hall–Kier alpha value is -1.75. The van der Waals surface area contributed by atoms with Gasteiger partial charge in [0.05, 0.1) is 6.61 Å². The molecule has 102 valence electrons. The Bertz CT molecular complexity index is 580. The number of benzene rings is 2. The van der Waals surface area contributed by atoms with E-state index in [4.69, 9.17) is 10.5 Å². The van der Waals surface area contributed by atoms with Crippen LogP contribution in [-0.2, 0) is 0 Å². The summed E-state index contributed by atoms with van der Waals surface area (Å²) in [5.74, 6) is 0.539. The minimum absolute atomic E-state index is 0.0616. The Labute approximate surface area is 109 Å². The van der Waals surface area contributed by atoms with Crippen LogP contribution >= 0.6 is 0 Å². The van der Waals surface area contributed by atoms with Gasteiger partial charge in [0.1, 0.15) is 11.8 Å². The van der Waals surface area contributed by atoms with Crippen molar-refractivity contribution in [2.45, 2.75) is 19.1 Å². The van der Waals surface area contributed by atoms with Gasteiger partial charge in [-0.05, 0) is 35.4 Å². The number of hydrogen-bond donors (Lipinski definition) is 1. The van der Waals surface area contributed by atoms with Gasteiger partial charge in [-0.2, -0.15) is 13.2 Å². The van der Waals surface area contributed by atoms with Crippen molar-refractivity contribution in [1.82, 2.24) is 0 Å². The van der Waals surface area contributed by atoms with Crippen LogP contribution in [0.1, 0.15) is 18.5 Å². The molecule has 0 aliphatic rings. The Morgan fingerprint density at radius 1 is 1.21 bits per heavy atom. The smallest absolute Gasteiger partial charge is 0.407 e. The molecule has 0 unspecified atom stereocenters. The normalized spacial score (nSPS) is 13.5. The van der Waals surface area contributed by atoms with Crippen molar-refractivity contribution in [3.8, 4) is 5.75 Å². The standard InChI is InChI=1S/C14H14F3NO/c1-2-19-10-7-6-9-4-3-5-11(12(9)8-10)13(18)14(15,16)17/h3-8,13H,2,18H2,1H3/t13-/m0/s1. The summed E-state index contributed by atoms with van der Waals surface area (Å²) < 4.78 is 43.6. The molecule has 2 aromatic rings. The molecule has 2 nitrogen and oxygen atoms in total. The second-order valence-corrected chi connectivity index (χ2v) is 4.18. The van der Waals surface area contributed by atoms with Gasteiger partial charge < -0.3 is 10.5 Å². The Balaban J connectivity index is 2.57. The van der Waals surface area contributed by atoms with E-state index in [9.17, 15) is 13.2 Å². The van der Waals surface area contributed by atoms with Crippen molar-refractivity contribution in [1.29, 1.82) is 0 Å². The van der Waals surface area contributed by atoms with Crippen molar-refractivity contribution in [2.24, 2.45) is 5.73 Å². The van der Waals surface area contributed by atoms with E-state index in [0.717, 1.165) is 0 Å². The van der Waals surface area contributed by atoms with E-state index in [1.807, 2.05) is 6.92 Å². The molecule has 0 bridgehead atoms. The largest absolute Gasteiger partial charge is 0.494 e. The van der Waals surface area contributed by atoms with Crippen LogP contribution in [0.25, 0.3) is 10.8 Å². The molecule has 19 heavy (non-hydrogen) atoms. The third-order valence-corrected chi connectivity index (χ3v) is 2.89. The van der Waals surface area contributed by atoms with Crippen LogP contribution in [-0.4, -0.2) is 12.8 Å². The molecule has 0 spiro atoms. The number of hydrogen-bond acceptors (Lipinski definition) is 2. The summed E-state index contributed by atoms with van der Waals surface area (Å²) in [5.41, 5.74) is 5.36. The minimum atomic E-state index is -4.46. The zero-order chi connectivity index (χ0) is 14.0. The van der Waals surface area contributed by atoms with E-state index in [2.05, 4.69) is 0 Å². The molecule has 1 atom stereocenters. The van der Waals surface area contributed by atoms with E-state index >= 15 is 0 Å². The van der Waals surface area contributed by atoms with Crippen molar-refractivity contribution in [2.75, 3.05) is 6.61 Å². The number of fused-ring (bicyclic) bond motifs is 1. The average Bonchev–Trinajstić information content (AvgIpc) is 2.36. The molecule has 2 aromatic carbocycles.